The maximum atomic E-state index is 14.3. The molecule has 8 unspecified atom stereocenters. The van der Waals surface area contributed by atoms with Crippen molar-refractivity contribution in [3.05, 3.63) is 287 Å². The zero-order valence-electron chi connectivity index (χ0n) is 73.9. The zero-order valence-corrected chi connectivity index (χ0v) is 73.9. The first kappa shape index (κ1) is 94.8. The number of unbranched alkanes of at least 4 members (excludes halogenated alkanes) is 10. The molecule has 0 fully saturated rings. The van der Waals surface area contributed by atoms with Crippen molar-refractivity contribution < 1.29 is 57.2 Å². The number of hydrogen-bond donors (Lipinski definition) is 1. The predicted molar refractivity (Wildman–Crippen MR) is 492 cm³/mol. The van der Waals surface area contributed by atoms with Gasteiger partial charge in [-0.1, -0.05) is 344 Å². The first-order valence-electron chi connectivity index (χ1n) is 42.1. The van der Waals surface area contributed by atoms with Crippen LogP contribution in [0.3, 0.4) is 0 Å². The van der Waals surface area contributed by atoms with Gasteiger partial charge in [-0.25, -0.2) is 0 Å². The summed E-state index contributed by atoms with van der Waals surface area (Å²) >= 11 is 0. The molecule has 0 bridgehead atoms. The molecule has 632 valence electrons. The molecular weight excluding hydrogens is 1550 g/mol. The van der Waals surface area contributed by atoms with Gasteiger partial charge >= 0.3 is 0 Å². The Morgan fingerprint density at radius 1 is 0.200 bits per heavy atom. The normalized spacial score (nSPS) is 26.5. The molecule has 0 heterocycles. The van der Waals surface area contributed by atoms with Crippen LogP contribution in [-0.2, 0) is 96.9 Å². The van der Waals surface area contributed by atoms with E-state index in [4.69, 9.17) is 52.1 Å². The van der Waals surface area contributed by atoms with Crippen LogP contribution in [0.1, 0.15) is 148 Å². The SMILES string of the molecule is CCCCCCCCC1(OC)C#CC(OC)(c2ccccc2)C#CC(OC)(c2ccccc2)C#CC(O)(C#CC2(OC)C#CC(OC)(c3ccccc3)C#CC(OC)(c3ccccc3)C#CC(CCCCCCCC)(OC)C#CC(OC)(c3ccccc3)C#CC(OC)(c3ccccc3)C#C2)C#CC(OC)(c2ccccc2)C#CC(OC)(c2ccccc2)C#C1. The molecule has 0 spiro atoms. The fourth-order valence-corrected chi connectivity index (χ4v) is 14.3. The maximum absolute atomic E-state index is 14.3. The third-order valence-electron chi connectivity index (χ3n) is 22.2. The third kappa shape index (κ3) is 22.9. The van der Waals surface area contributed by atoms with Crippen LogP contribution in [0.2, 0.25) is 0 Å². The van der Waals surface area contributed by atoms with E-state index in [9.17, 15) is 5.11 Å². The Bertz CT molecular complexity index is 5510. The van der Waals surface area contributed by atoms with Crippen molar-refractivity contribution in [3.63, 3.8) is 0 Å². The maximum Gasteiger partial charge on any atom is 0.254 e. The van der Waals surface area contributed by atoms with Gasteiger partial charge in [-0.15, -0.1) is 0 Å². The van der Waals surface area contributed by atoms with Gasteiger partial charge in [0.1, 0.15) is 0 Å². The minimum Gasteiger partial charge on any atom is -0.357 e. The van der Waals surface area contributed by atoms with Gasteiger partial charge in [-0.05, 0) is 156 Å². The van der Waals surface area contributed by atoms with Gasteiger partial charge in [0, 0.05) is 123 Å². The highest BCUT2D eigenvalue weighted by atomic mass is 16.5. The van der Waals surface area contributed by atoms with E-state index >= 15 is 0 Å². The van der Waals surface area contributed by atoms with Crippen LogP contribution in [0.4, 0.5) is 0 Å². The molecule has 2 aliphatic carbocycles. The molecule has 0 amide bonds. The van der Waals surface area contributed by atoms with E-state index in [1.807, 2.05) is 218 Å². The summed E-state index contributed by atoms with van der Waals surface area (Å²) < 4.78 is 73.4. The monoisotopic (exact) mass is 1660 g/mol. The Morgan fingerprint density at radius 2 is 0.376 bits per heavy atom. The minimum atomic E-state index is -2.86. The molecule has 0 aliphatic heterocycles. The standard InChI is InChI=1S/C113H108O12/c1-14-16-18-20-22-48-66-103(115-3)72-80-108(120-8,96-54-36-26-37-55-96)88-86-106(118-6,94-50-32-24-33-51-94)78-69-102(114,70-79-107(119-7,95-52-34-25-35-53-95)87-89-109(121-9,81-73-103)97-56-38-27-39-57-97)68-71-105(117-5)76-84-112(124-12,100-62-44-30-45-63-100)92-90-110(122-10,98-58-40-28-41-59-98)82-74-104(116-4,67-49-23-21-19-17-15-2)75-83-111(123-11,99-60-42-29-43-61-99)91-93-113(125-13,85-77-105)101-64-46-31-47-65-101/h24-47,50-65,114H,14-23,48-49,66-67H2,1-13H3. The molecule has 8 aromatic rings. The van der Waals surface area contributed by atoms with Gasteiger partial charge in [-0.2, -0.15) is 0 Å². The predicted octanol–water partition coefficient (Wildman–Crippen LogP) is 17.8. The largest absolute Gasteiger partial charge is 0.357 e. The average molecular weight is 1660 g/mol. The molecule has 0 saturated carbocycles. The van der Waals surface area contributed by atoms with Crippen molar-refractivity contribution in [2.24, 2.45) is 0 Å². The number of benzene rings is 8. The highest BCUT2D eigenvalue weighted by molar-refractivity contribution is 5.61. The van der Waals surface area contributed by atoms with E-state index in [0.29, 0.717) is 70.2 Å². The average Bonchev–Trinajstić information content (AvgIpc) is 0.776. The van der Waals surface area contributed by atoms with Crippen LogP contribution in [0.5, 0.6) is 0 Å². The van der Waals surface area contributed by atoms with Crippen molar-refractivity contribution >= 4 is 0 Å². The van der Waals surface area contributed by atoms with Gasteiger partial charge in [0.05, 0.1) is 0 Å². The third-order valence-corrected chi connectivity index (χ3v) is 22.2. The first-order chi connectivity index (χ1) is 60.8. The first-order valence-corrected chi connectivity index (χ1v) is 42.1. The van der Waals surface area contributed by atoms with Crippen LogP contribution >= 0.6 is 0 Å². The summed E-state index contributed by atoms with van der Waals surface area (Å²) in [6.45, 7) is 4.39. The Hall–Kier alpha value is -12.4. The van der Waals surface area contributed by atoms with E-state index in [2.05, 4.69) is 168 Å². The quantitative estimate of drug-likeness (QED) is 0.0311. The zero-order chi connectivity index (χ0) is 89.0. The minimum absolute atomic E-state index is 0.368. The van der Waals surface area contributed by atoms with E-state index in [0.717, 1.165) is 64.2 Å². The molecule has 1 N–H and O–H groups in total. The Balaban J connectivity index is 1.40. The Kier molecular flexibility index (Phi) is 33.9. The Morgan fingerprint density at radius 3 is 0.560 bits per heavy atom. The van der Waals surface area contributed by atoms with Gasteiger partial charge in [0.15, 0.2) is 11.2 Å². The van der Waals surface area contributed by atoms with Gasteiger partial charge in [-0.3, -0.25) is 0 Å². The summed E-state index contributed by atoms with van der Waals surface area (Å²) in [4.78, 5) is 0. The van der Waals surface area contributed by atoms with Gasteiger partial charge < -0.3 is 57.2 Å². The van der Waals surface area contributed by atoms with Crippen LogP contribution in [0.25, 0.3) is 0 Å². The fourth-order valence-electron chi connectivity index (χ4n) is 14.3. The molecule has 125 heavy (non-hydrogen) atoms. The summed E-state index contributed by atoms with van der Waals surface area (Å²) in [6.07, 6.45) is 12.5. The molecule has 0 saturated heterocycles. The lowest BCUT2D eigenvalue weighted by atomic mass is 9.86. The number of aliphatic hydroxyl groups is 1. The van der Waals surface area contributed by atoms with E-state index in [1.54, 1.807) is 38.5 Å². The molecule has 12 heteroatoms. The van der Waals surface area contributed by atoms with Crippen molar-refractivity contribution in [1.29, 1.82) is 0 Å². The number of rotatable bonds is 33. The fraction of sp³-hybridized carbons (Fsp3) is 0.345. The molecule has 8 aromatic carbocycles. The summed E-state index contributed by atoms with van der Waals surface area (Å²) in [6, 6.07) is 74.2. The Labute approximate surface area is 743 Å². The molecule has 0 radical (unpaired) electrons. The highest BCUT2D eigenvalue weighted by Crippen LogP contribution is 2.37. The van der Waals surface area contributed by atoms with Crippen LogP contribution in [0, 0.1) is 154 Å². The van der Waals surface area contributed by atoms with Crippen molar-refractivity contribution in [3.8, 4) is 154 Å². The number of methoxy groups -OCH3 is 11. The molecule has 10 rings (SSSR count). The lowest BCUT2D eigenvalue weighted by molar-refractivity contribution is 0.0692. The van der Waals surface area contributed by atoms with E-state index in [1.165, 1.54) is 64.0 Å². The van der Waals surface area contributed by atoms with Gasteiger partial charge in [0.2, 0.25) is 44.8 Å². The molecule has 12 nitrogen and oxygen atoms in total. The number of ether oxygens (including phenoxy) is 11. The van der Waals surface area contributed by atoms with Crippen LogP contribution < -0.4 is 0 Å². The molecule has 0 aromatic heterocycles. The molecule has 2 aliphatic rings. The summed E-state index contributed by atoms with van der Waals surface area (Å²) in [5.74, 6) is 88.4. The second kappa shape index (κ2) is 44.8. The molecule has 8 atom stereocenters. The summed E-state index contributed by atoms with van der Waals surface area (Å²) in [7, 11) is 16.6. The summed E-state index contributed by atoms with van der Waals surface area (Å²) in [5, 5.41) is 14.3. The van der Waals surface area contributed by atoms with E-state index in [-0.39, 0.29) is 0 Å². The smallest absolute Gasteiger partial charge is 0.254 e. The topological polar surface area (TPSA) is 122 Å². The van der Waals surface area contributed by atoms with Crippen molar-refractivity contribution in [2.45, 2.75) is 171 Å². The van der Waals surface area contributed by atoms with Crippen LogP contribution in [-0.4, -0.2) is 106 Å². The second-order valence-corrected chi connectivity index (χ2v) is 30.0. The summed E-state index contributed by atoms with van der Waals surface area (Å²) in [5.41, 5.74) is -19.0. The van der Waals surface area contributed by atoms with Crippen molar-refractivity contribution in [1.82, 2.24) is 0 Å². The lowest BCUT2D eigenvalue weighted by Crippen LogP contribution is -2.35. The highest BCUT2D eigenvalue weighted by Gasteiger charge is 2.42. The van der Waals surface area contributed by atoms with Crippen molar-refractivity contribution in [2.75, 3.05) is 78.2 Å². The molecular formula is C113H108O12. The number of hydrogen-bond acceptors (Lipinski definition) is 12. The van der Waals surface area contributed by atoms with E-state index < -0.39 is 67.2 Å². The van der Waals surface area contributed by atoms with Crippen LogP contribution in [0.15, 0.2) is 243 Å². The van der Waals surface area contributed by atoms with Gasteiger partial charge in [0.25, 0.3) is 11.2 Å². The lowest BCUT2D eigenvalue weighted by Gasteiger charge is -2.28. The second-order valence-electron chi connectivity index (χ2n) is 30.0.